The number of aliphatic carboxylic acids is 1. The number of ether oxygens (including phenoxy) is 1. The van der Waals surface area contributed by atoms with E-state index in [0.29, 0.717) is 44.6 Å². The Balaban J connectivity index is 1.98. The second-order valence-corrected chi connectivity index (χ2v) is 7.23. The van der Waals surface area contributed by atoms with E-state index in [0.717, 1.165) is 12.8 Å². The first kappa shape index (κ1) is 18.3. The molecule has 0 unspecified atom stereocenters. The average Bonchev–Trinajstić information content (AvgIpc) is 2.52. The van der Waals surface area contributed by atoms with Crippen molar-refractivity contribution in [3.05, 3.63) is 11.1 Å². The lowest BCUT2D eigenvalue weighted by atomic mass is 9.90. The van der Waals surface area contributed by atoms with E-state index >= 15 is 0 Å². The lowest BCUT2D eigenvalue weighted by Crippen LogP contribution is -2.52. The summed E-state index contributed by atoms with van der Waals surface area (Å²) >= 11 is 0. The summed E-state index contributed by atoms with van der Waals surface area (Å²) in [5, 5.41) is 9.28. The molecule has 0 aromatic rings. The van der Waals surface area contributed by atoms with Crippen molar-refractivity contribution in [1.29, 1.82) is 0 Å². The van der Waals surface area contributed by atoms with Crippen LogP contribution < -0.4 is 0 Å². The van der Waals surface area contributed by atoms with E-state index in [9.17, 15) is 19.5 Å². The first-order valence-corrected chi connectivity index (χ1v) is 8.41. The molecule has 1 heterocycles. The Kier molecular flexibility index (Phi) is 5.51. The van der Waals surface area contributed by atoms with Crippen molar-refractivity contribution in [2.45, 2.75) is 52.1 Å². The molecule has 7 heteroatoms. The molecule has 0 radical (unpaired) electrons. The van der Waals surface area contributed by atoms with Gasteiger partial charge in [0, 0.05) is 37.3 Å². The van der Waals surface area contributed by atoms with Crippen molar-refractivity contribution in [1.82, 2.24) is 9.80 Å². The monoisotopic (exact) mass is 338 g/mol. The van der Waals surface area contributed by atoms with E-state index in [1.165, 1.54) is 0 Å². The van der Waals surface area contributed by atoms with Crippen molar-refractivity contribution < 1.29 is 24.2 Å². The predicted octanol–water partition coefficient (Wildman–Crippen LogP) is 2.02. The summed E-state index contributed by atoms with van der Waals surface area (Å²) in [4.78, 5) is 39.2. The molecule has 7 nitrogen and oxygen atoms in total. The van der Waals surface area contributed by atoms with Crippen LogP contribution in [0.4, 0.5) is 4.79 Å². The van der Waals surface area contributed by atoms with Crippen LogP contribution in [-0.4, -0.2) is 64.7 Å². The Morgan fingerprint density at radius 2 is 1.42 bits per heavy atom. The van der Waals surface area contributed by atoms with Crippen molar-refractivity contribution in [2.75, 3.05) is 26.2 Å². The highest BCUT2D eigenvalue weighted by atomic mass is 16.6. The van der Waals surface area contributed by atoms with Gasteiger partial charge in [-0.1, -0.05) is 0 Å². The second-order valence-electron chi connectivity index (χ2n) is 7.23. The van der Waals surface area contributed by atoms with Gasteiger partial charge in [0.15, 0.2) is 0 Å². The Morgan fingerprint density at radius 1 is 0.917 bits per heavy atom. The van der Waals surface area contributed by atoms with Crippen molar-refractivity contribution in [2.24, 2.45) is 0 Å². The van der Waals surface area contributed by atoms with Gasteiger partial charge in [0.05, 0.1) is 0 Å². The molecule has 0 aromatic heterocycles. The average molecular weight is 338 g/mol. The zero-order valence-electron chi connectivity index (χ0n) is 14.6. The summed E-state index contributed by atoms with van der Waals surface area (Å²) in [6.45, 7) is 7.03. The minimum atomic E-state index is -0.995. The van der Waals surface area contributed by atoms with Gasteiger partial charge < -0.3 is 19.6 Å². The molecule has 0 bridgehead atoms. The third-order valence-corrected chi connectivity index (χ3v) is 4.20. The Labute approximate surface area is 142 Å². The van der Waals surface area contributed by atoms with Crippen molar-refractivity contribution >= 4 is 18.0 Å². The fraction of sp³-hybridized carbons (Fsp3) is 0.706. The first-order valence-electron chi connectivity index (χ1n) is 8.41. The van der Waals surface area contributed by atoms with Crippen LogP contribution in [0, 0.1) is 0 Å². The molecule has 0 atom stereocenters. The normalized spacial score (nSPS) is 19.3. The third-order valence-electron chi connectivity index (χ3n) is 4.20. The third kappa shape index (κ3) is 4.49. The van der Waals surface area contributed by atoms with Gasteiger partial charge in [-0.25, -0.2) is 9.59 Å². The summed E-state index contributed by atoms with van der Waals surface area (Å²) < 4.78 is 5.33. The molecular formula is C17H26N2O5. The van der Waals surface area contributed by atoms with Crippen LogP contribution in [0.2, 0.25) is 0 Å². The molecule has 1 fully saturated rings. The smallest absolute Gasteiger partial charge is 0.410 e. The van der Waals surface area contributed by atoms with Crippen LogP contribution in [0.15, 0.2) is 11.1 Å². The van der Waals surface area contributed by atoms with Crippen molar-refractivity contribution in [3.8, 4) is 0 Å². The van der Waals surface area contributed by atoms with Crippen LogP contribution in [-0.2, 0) is 14.3 Å². The Bertz CT molecular complexity index is 554. The molecule has 24 heavy (non-hydrogen) atoms. The summed E-state index contributed by atoms with van der Waals surface area (Å²) in [6, 6.07) is 0. The molecule has 0 saturated carbocycles. The molecule has 1 N–H and O–H groups in total. The number of nitrogens with zero attached hydrogens (tertiary/aromatic N) is 2. The number of amides is 2. The van der Waals surface area contributed by atoms with E-state index in [1.807, 2.05) is 20.8 Å². The highest BCUT2D eigenvalue weighted by Gasteiger charge is 2.31. The standard InChI is InChI=1S/C17H26N2O5/c1-17(2,3)24-16(23)19-10-8-18(9-11-19)14(20)12-6-4-5-7-13(12)15(21)22/h4-11H2,1-3H3,(H,21,22). The number of carboxylic acids is 1. The van der Waals surface area contributed by atoms with E-state index in [1.54, 1.807) is 9.80 Å². The quantitative estimate of drug-likeness (QED) is 0.832. The Morgan fingerprint density at radius 3 is 1.92 bits per heavy atom. The fourth-order valence-electron chi connectivity index (χ4n) is 2.99. The number of hydrogen-bond acceptors (Lipinski definition) is 4. The number of piperazine rings is 1. The molecule has 1 saturated heterocycles. The number of hydrogen-bond donors (Lipinski definition) is 1. The van der Waals surface area contributed by atoms with Crippen LogP contribution in [0.1, 0.15) is 46.5 Å². The van der Waals surface area contributed by atoms with Gasteiger partial charge in [0.1, 0.15) is 5.60 Å². The highest BCUT2D eigenvalue weighted by molar-refractivity contribution is 6.02. The number of rotatable bonds is 2. The van der Waals surface area contributed by atoms with E-state index in [4.69, 9.17) is 4.74 Å². The largest absolute Gasteiger partial charge is 0.478 e. The Hall–Kier alpha value is -2.05. The van der Waals surface area contributed by atoms with Gasteiger partial charge in [-0.05, 0) is 46.5 Å². The lowest BCUT2D eigenvalue weighted by Gasteiger charge is -2.36. The van der Waals surface area contributed by atoms with Crippen LogP contribution in [0.3, 0.4) is 0 Å². The molecule has 1 aliphatic heterocycles. The molecule has 0 aromatic carbocycles. The first-order chi connectivity index (χ1) is 11.2. The maximum absolute atomic E-state index is 12.6. The lowest BCUT2D eigenvalue weighted by molar-refractivity contribution is -0.134. The minimum Gasteiger partial charge on any atom is -0.478 e. The second kappa shape index (κ2) is 7.23. The predicted molar refractivity (Wildman–Crippen MR) is 87.5 cm³/mol. The maximum atomic E-state index is 12.6. The summed E-state index contributed by atoms with van der Waals surface area (Å²) in [7, 11) is 0. The van der Waals surface area contributed by atoms with E-state index in [-0.39, 0.29) is 17.6 Å². The highest BCUT2D eigenvalue weighted by Crippen LogP contribution is 2.27. The summed E-state index contributed by atoms with van der Waals surface area (Å²) in [5.74, 6) is -1.19. The topological polar surface area (TPSA) is 87.2 Å². The zero-order chi connectivity index (χ0) is 17.9. The molecule has 2 aliphatic rings. The van der Waals surface area contributed by atoms with Crippen LogP contribution in [0.25, 0.3) is 0 Å². The SMILES string of the molecule is CC(C)(C)OC(=O)N1CCN(C(=O)C2=C(C(=O)O)CCCC2)CC1. The molecule has 2 rings (SSSR count). The van der Waals surface area contributed by atoms with E-state index in [2.05, 4.69) is 0 Å². The van der Waals surface area contributed by atoms with Crippen molar-refractivity contribution in [3.63, 3.8) is 0 Å². The van der Waals surface area contributed by atoms with Gasteiger partial charge in [-0.15, -0.1) is 0 Å². The van der Waals surface area contributed by atoms with E-state index < -0.39 is 11.6 Å². The summed E-state index contributed by atoms with van der Waals surface area (Å²) in [6.07, 6.45) is 2.25. The molecule has 0 spiro atoms. The minimum absolute atomic E-state index is 0.198. The molecule has 134 valence electrons. The number of carbonyl (C=O) groups is 3. The maximum Gasteiger partial charge on any atom is 0.410 e. The van der Waals surface area contributed by atoms with Gasteiger partial charge in [-0.3, -0.25) is 4.79 Å². The zero-order valence-corrected chi connectivity index (χ0v) is 14.6. The molecular weight excluding hydrogens is 312 g/mol. The van der Waals surface area contributed by atoms with Gasteiger partial charge >= 0.3 is 12.1 Å². The number of carbonyl (C=O) groups excluding carboxylic acids is 2. The molecule has 2 amide bonds. The van der Waals surface area contributed by atoms with Gasteiger partial charge in [0.25, 0.3) is 0 Å². The van der Waals surface area contributed by atoms with Gasteiger partial charge in [0.2, 0.25) is 5.91 Å². The van der Waals surface area contributed by atoms with Gasteiger partial charge in [-0.2, -0.15) is 0 Å². The van der Waals surface area contributed by atoms with Crippen LogP contribution >= 0.6 is 0 Å². The number of carboxylic acid groups (broad SMARTS) is 1. The van der Waals surface area contributed by atoms with Crippen LogP contribution in [0.5, 0.6) is 0 Å². The fourth-order valence-corrected chi connectivity index (χ4v) is 2.99. The molecule has 1 aliphatic carbocycles. The summed E-state index contributed by atoms with van der Waals surface area (Å²) in [5.41, 5.74) is 0.133.